The molecule has 0 aromatic rings. The van der Waals surface area contributed by atoms with Gasteiger partial charge in [0, 0.05) is 44.7 Å². The molecule has 0 spiro atoms. The molecule has 0 saturated carbocycles. The second-order valence-electron chi connectivity index (χ2n) is 6.59. The molecule has 122 valence electrons. The lowest BCUT2D eigenvalue weighted by Gasteiger charge is -2.31. The third-order valence-corrected chi connectivity index (χ3v) is 3.35. The molecule has 0 aromatic carbocycles. The van der Waals surface area contributed by atoms with Crippen LogP contribution < -0.4 is 16.0 Å². The van der Waals surface area contributed by atoms with Crippen molar-refractivity contribution < 1.29 is 4.79 Å². The number of piperidine rings is 1. The summed E-state index contributed by atoms with van der Waals surface area (Å²) in [5.41, 5.74) is 0.119. The zero-order valence-electron chi connectivity index (χ0n) is 14.1. The number of hydrogen-bond acceptors (Lipinski definition) is 3. The van der Waals surface area contributed by atoms with Gasteiger partial charge in [-0.05, 0) is 34.1 Å². The van der Waals surface area contributed by atoms with Gasteiger partial charge >= 0.3 is 0 Å². The second-order valence-corrected chi connectivity index (χ2v) is 6.59. The van der Waals surface area contributed by atoms with Crippen molar-refractivity contribution in [3.05, 3.63) is 0 Å². The van der Waals surface area contributed by atoms with Crippen LogP contribution in [0.1, 0.15) is 40.5 Å². The van der Waals surface area contributed by atoms with Gasteiger partial charge < -0.3 is 20.9 Å². The largest absolute Gasteiger partial charge is 0.357 e. The van der Waals surface area contributed by atoms with Gasteiger partial charge in [0.2, 0.25) is 5.91 Å². The molecule has 0 aliphatic carbocycles. The molecule has 6 heteroatoms. The molecule has 1 unspecified atom stereocenters. The van der Waals surface area contributed by atoms with Crippen LogP contribution in [-0.2, 0) is 4.79 Å². The second kappa shape index (κ2) is 8.22. The van der Waals surface area contributed by atoms with Gasteiger partial charge in [0.05, 0.1) is 6.54 Å². The molecule has 1 fully saturated rings. The van der Waals surface area contributed by atoms with Crippen LogP contribution in [0.15, 0.2) is 4.99 Å². The molecule has 1 aliphatic heterocycles. The monoisotopic (exact) mass is 297 g/mol. The quantitative estimate of drug-likeness (QED) is 0.394. The maximum atomic E-state index is 11.5. The first-order chi connectivity index (χ1) is 9.81. The fourth-order valence-corrected chi connectivity index (χ4v) is 2.24. The van der Waals surface area contributed by atoms with E-state index in [0.29, 0.717) is 6.42 Å². The van der Waals surface area contributed by atoms with E-state index in [4.69, 9.17) is 0 Å². The minimum absolute atomic E-state index is 0.119. The number of amides is 1. The van der Waals surface area contributed by atoms with Crippen LogP contribution in [0.25, 0.3) is 0 Å². The number of likely N-dealkylation sites (N-methyl/N-ethyl adjacent to an activating group) is 1. The van der Waals surface area contributed by atoms with Gasteiger partial charge in [-0.25, -0.2) is 0 Å². The molecule has 1 saturated heterocycles. The minimum Gasteiger partial charge on any atom is -0.357 e. The molecule has 1 rings (SSSR count). The number of guanidine groups is 1. The molecule has 0 aromatic heterocycles. The number of carbonyl (C=O) groups is 1. The van der Waals surface area contributed by atoms with Crippen molar-refractivity contribution >= 4 is 11.9 Å². The smallest absolute Gasteiger partial charge is 0.222 e. The Morgan fingerprint density at radius 3 is 2.71 bits per heavy atom. The van der Waals surface area contributed by atoms with Gasteiger partial charge in [-0.1, -0.05) is 0 Å². The highest BCUT2D eigenvalue weighted by atomic mass is 16.2. The summed E-state index contributed by atoms with van der Waals surface area (Å²) in [6.45, 7) is 11.7. The molecule has 1 atom stereocenters. The van der Waals surface area contributed by atoms with Crippen molar-refractivity contribution in [3.8, 4) is 0 Å². The first-order valence-electron chi connectivity index (χ1n) is 7.85. The highest BCUT2D eigenvalue weighted by molar-refractivity contribution is 5.81. The van der Waals surface area contributed by atoms with E-state index in [1.165, 1.54) is 0 Å². The lowest BCUT2D eigenvalue weighted by atomic mass is 10.1. The van der Waals surface area contributed by atoms with E-state index in [0.717, 1.165) is 38.6 Å². The number of carbonyl (C=O) groups excluding carboxylic acids is 1. The van der Waals surface area contributed by atoms with Gasteiger partial charge in [0.1, 0.15) is 0 Å². The Morgan fingerprint density at radius 2 is 2.14 bits per heavy atom. The lowest BCUT2D eigenvalue weighted by Crippen LogP contribution is -2.51. The number of hydrogen-bond donors (Lipinski definition) is 3. The zero-order chi connectivity index (χ0) is 15.9. The molecule has 1 amide bonds. The van der Waals surface area contributed by atoms with E-state index >= 15 is 0 Å². The van der Waals surface area contributed by atoms with Crippen LogP contribution in [0.2, 0.25) is 0 Å². The van der Waals surface area contributed by atoms with Crippen LogP contribution in [0, 0.1) is 0 Å². The standard InChI is InChI=1S/C15H31N5O/c1-6-16-14(17-9-10-18-15(2,3)4)19-12-7-8-13(21)20(5)11-12/h12,18H,6-11H2,1-5H3,(H2,16,17,19). The number of rotatable bonds is 5. The molecule has 3 N–H and O–H groups in total. The number of aliphatic imine (C=N–C) groups is 1. The van der Waals surface area contributed by atoms with Crippen LogP contribution >= 0.6 is 0 Å². The van der Waals surface area contributed by atoms with Crippen LogP contribution in [-0.4, -0.2) is 61.6 Å². The van der Waals surface area contributed by atoms with E-state index < -0.39 is 0 Å². The highest BCUT2D eigenvalue weighted by Gasteiger charge is 2.23. The Kier molecular flexibility index (Phi) is 6.95. The van der Waals surface area contributed by atoms with E-state index in [9.17, 15) is 4.79 Å². The predicted molar refractivity (Wildman–Crippen MR) is 87.5 cm³/mol. The number of likely N-dealkylation sites (tertiary alicyclic amines) is 1. The van der Waals surface area contributed by atoms with Crippen molar-refractivity contribution in [2.24, 2.45) is 4.99 Å². The molecule has 1 heterocycles. The van der Waals surface area contributed by atoms with Crippen molar-refractivity contribution in [1.29, 1.82) is 0 Å². The summed E-state index contributed by atoms with van der Waals surface area (Å²) in [6.07, 6.45) is 1.48. The van der Waals surface area contributed by atoms with E-state index in [1.54, 1.807) is 4.90 Å². The summed E-state index contributed by atoms with van der Waals surface area (Å²) in [6, 6.07) is 0.279. The summed E-state index contributed by atoms with van der Waals surface area (Å²) in [5.74, 6) is 1.06. The molecule has 0 radical (unpaired) electrons. The van der Waals surface area contributed by atoms with Crippen LogP contribution in [0.4, 0.5) is 0 Å². The van der Waals surface area contributed by atoms with Gasteiger partial charge in [-0.2, -0.15) is 0 Å². The predicted octanol–water partition coefficient (Wildman–Crippen LogP) is 0.550. The van der Waals surface area contributed by atoms with Crippen molar-refractivity contribution in [2.45, 2.75) is 52.1 Å². The SMILES string of the molecule is CCNC(=NCCNC(C)(C)C)NC1CCC(=O)N(C)C1. The summed E-state index contributed by atoms with van der Waals surface area (Å²) >= 11 is 0. The van der Waals surface area contributed by atoms with Gasteiger partial charge in [0.15, 0.2) is 5.96 Å². The first kappa shape index (κ1) is 17.8. The maximum absolute atomic E-state index is 11.5. The highest BCUT2D eigenvalue weighted by Crippen LogP contribution is 2.09. The number of nitrogens with zero attached hydrogens (tertiary/aromatic N) is 2. The van der Waals surface area contributed by atoms with Crippen molar-refractivity contribution in [2.75, 3.05) is 33.2 Å². The first-order valence-corrected chi connectivity index (χ1v) is 7.85. The Morgan fingerprint density at radius 1 is 1.43 bits per heavy atom. The fraction of sp³-hybridized carbons (Fsp3) is 0.867. The topological polar surface area (TPSA) is 68.8 Å². The molecule has 1 aliphatic rings. The Hall–Kier alpha value is -1.30. The summed E-state index contributed by atoms with van der Waals surface area (Å²) in [7, 11) is 1.85. The van der Waals surface area contributed by atoms with E-state index in [-0.39, 0.29) is 17.5 Å². The Bertz CT molecular complexity index is 362. The summed E-state index contributed by atoms with van der Waals surface area (Å²) in [5, 5.41) is 10.1. The molecule has 0 bridgehead atoms. The molecular weight excluding hydrogens is 266 g/mol. The fourth-order valence-electron chi connectivity index (χ4n) is 2.24. The Balaban J connectivity index is 2.43. The van der Waals surface area contributed by atoms with Crippen LogP contribution in [0.3, 0.4) is 0 Å². The van der Waals surface area contributed by atoms with Gasteiger partial charge in [-0.3, -0.25) is 9.79 Å². The average molecular weight is 297 g/mol. The molecular formula is C15H31N5O. The molecule has 21 heavy (non-hydrogen) atoms. The maximum Gasteiger partial charge on any atom is 0.222 e. The lowest BCUT2D eigenvalue weighted by molar-refractivity contribution is -0.132. The number of nitrogens with one attached hydrogen (secondary N) is 3. The Labute approximate surface area is 128 Å². The van der Waals surface area contributed by atoms with E-state index in [1.807, 2.05) is 7.05 Å². The summed E-state index contributed by atoms with van der Waals surface area (Å²) in [4.78, 5) is 17.9. The van der Waals surface area contributed by atoms with E-state index in [2.05, 4.69) is 48.6 Å². The average Bonchev–Trinajstić information content (AvgIpc) is 2.38. The zero-order valence-corrected chi connectivity index (χ0v) is 14.1. The molecule has 6 nitrogen and oxygen atoms in total. The van der Waals surface area contributed by atoms with Crippen LogP contribution in [0.5, 0.6) is 0 Å². The normalized spacial score (nSPS) is 20.6. The third-order valence-electron chi connectivity index (χ3n) is 3.35. The van der Waals surface area contributed by atoms with Crippen molar-refractivity contribution in [1.82, 2.24) is 20.9 Å². The third kappa shape index (κ3) is 7.32. The van der Waals surface area contributed by atoms with Gasteiger partial charge in [0.25, 0.3) is 0 Å². The van der Waals surface area contributed by atoms with Crippen molar-refractivity contribution in [3.63, 3.8) is 0 Å². The van der Waals surface area contributed by atoms with Gasteiger partial charge in [-0.15, -0.1) is 0 Å². The minimum atomic E-state index is 0.119. The summed E-state index contributed by atoms with van der Waals surface area (Å²) < 4.78 is 0.